The zero-order chi connectivity index (χ0) is 15.4. The highest BCUT2D eigenvalue weighted by Gasteiger charge is 2.17. The predicted octanol–water partition coefficient (Wildman–Crippen LogP) is 1.76. The van der Waals surface area contributed by atoms with Crippen LogP contribution in [-0.4, -0.2) is 42.0 Å². The quantitative estimate of drug-likeness (QED) is 0.847. The third kappa shape index (κ3) is 3.64. The van der Waals surface area contributed by atoms with Crippen LogP contribution in [0.5, 0.6) is 0 Å². The number of thiazole rings is 1. The highest BCUT2D eigenvalue weighted by Crippen LogP contribution is 2.25. The van der Waals surface area contributed by atoms with Gasteiger partial charge in [0.25, 0.3) is 0 Å². The van der Waals surface area contributed by atoms with Crippen LogP contribution in [0.1, 0.15) is 12.1 Å². The molecule has 0 saturated carbocycles. The number of nitrogens with one attached hydrogen (secondary N) is 1. The van der Waals surface area contributed by atoms with E-state index < -0.39 is 0 Å². The number of aromatic nitrogens is 1. The van der Waals surface area contributed by atoms with Gasteiger partial charge in [0.05, 0.1) is 12.1 Å². The molecule has 3 N–H and O–H groups in total. The average molecular weight is 316 g/mol. The fraction of sp³-hybridized carbons (Fsp3) is 0.375. The Balaban J connectivity index is 1.67. The molecule has 116 valence electrons. The number of nitrogens with zero attached hydrogens (tertiary/aromatic N) is 2. The number of carbonyl (C=O) groups is 1. The van der Waals surface area contributed by atoms with Gasteiger partial charge in [0.1, 0.15) is 5.01 Å². The summed E-state index contributed by atoms with van der Waals surface area (Å²) in [4.78, 5) is 18.9. The molecule has 6 heteroatoms. The van der Waals surface area contributed by atoms with Gasteiger partial charge in [0.15, 0.2) is 0 Å². The molecule has 1 aliphatic rings. The number of anilines is 1. The zero-order valence-corrected chi connectivity index (χ0v) is 13.2. The lowest BCUT2D eigenvalue weighted by atomic mass is 10.2. The highest BCUT2D eigenvalue weighted by molar-refractivity contribution is 7.13. The monoisotopic (exact) mass is 316 g/mol. The Hall–Kier alpha value is -1.92. The van der Waals surface area contributed by atoms with Crippen LogP contribution in [-0.2, 0) is 11.2 Å². The van der Waals surface area contributed by atoms with Crippen molar-refractivity contribution >= 4 is 22.9 Å². The number of carbonyl (C=O) groups excluding carboxylic acids is 1. The number of benzene rings is 1. The molecule has 5 nitrogen and oxygen atoms in total. The third-order valence-corrected chi connectivity index (χ3v) is 4.65. The molecule has 0 atom stereocenters. The van der Waals surface area contributed by atoms with Crippen molar-refractivity contribution in [1.82, 2.24) is 15.2 Å². The van der Waals surface area contributed by atoms with Crippen molar-refractivity contribution in [2.75, 3.05) is 31.9 Å². The molecule has 1 saturated heterocycles. The number of nitrogen functional groups attached to an aromatic ring is 1. The number of hydrogen-bond donors (Lipinski definition) is 2. The minimum absolute atomic E-state index is 0.160. The number of amides is 1. The molecular formula is C16H20N4OS. The van der Waals surface area contributed by atoms with E-state index >= 15 is 0 Å². The fourth-order valence-corrected chi connectivity index (χ4v) is 3.37. The second-order valence-corrected chi connectivity index (χ2v) is 6.29. The molecule has 0 aliphatic carbocycles. The first-order chi connectivity index (χ1) is 10.7. The van der Waals surface area contributed by atoms with Gasteiger partial charge in [-0.25, -0.2) is 4.98 Å². The van der Waals surface area contributed by atoms with Crippen molar-refractivity contribution in [2.45, 2.75) is 12.8 Å². The number of hydrogen-bond acceptors (Lipinski definition) is 5. The van der Waals surface area contributed by atoms with Gasteiger partial charge in [-0.05, 0) is 25.1 Å². The van der Waals surface area contributed by atoms with E-state index in [1.54, 1.807) is 11.3 Å². The summed E-state index contributed by atoms with van der Waals surface area (Å²) in [5.41, 5.74) is 8.37. The Morgan fingerprint density at radius 1 is 1.36 bits per heavy atom. The van der Waals surface area contributed by atoms with E-state index in [1.807, 2.05) is 34.5 Å². The van der Waals surface area contributed by atoms with Crippen LogP contribution in [0, 0.1) is 0 Å². The Morgan fingerprint density at radius 3 is 3.14 bits per heavy atom. The van der Waals surface area contributed by atoms with Crippen molar-refractivity contribution in [3.63, 3.8) is 0 Å². The standard InChI is InChI=1S/C16H20N4OS/c17-13-4-1-3-12(9-13)16-19-14(11-22-16)10-15(21)20-7-2-5-18-6-8-20/h1,3-4,9,11,18H,2,5-8,10,17H2. The van der Waals surface area contributed by atoms with E-state index in [1.165, 1.54) is 0 Å². The summed E-state index contributed by atoms with van der Waals surface area (Å²) in [6, 6.07) is 7.67. The van der Waals surface area contributed by atoms with Crippen LogP contribution in [0.15, 0.2) is 29.6 Å². The molecule has 22 heavy (non-hydrogen) atoms. The summed E-state index contributed by atoms with van der Waals surface area (Å²) in [5.74, 6) is 0.160. The molecule has 2 aromatic rings. The molecule has 0 bridgehead atoms. The van der Waals surface area contributed by atoms with E-state index in [9.17, 15) is 4.79 Å². The van der Waals surface area contributed by atoms with Gasteiger partial charge >= 0.3 is 0 Å². The summed E-state index contributed by atoms with van der Waals surface area (Å²) < 4.78 is 0. The van der Waals surface area contributed by atoms with Crippen molar-refractivity contribution in [3.05, 3.63) is 35.3 Å². The topological polar surface area (TPSA) is 71.2 Å². The van der Waals surface area contributed by atoms with Gasteiger partial charge in [-0.15, -0.1) is 11.3 Å². The molecule has 0 unspecified atom stereocenters. The number of rotatable bonds is 3. The Kier molecular flexibility index (Phi) is 4.70. The molecule has 1 amide bonds. The van der Waals surface area contributed by atoms with Crippen molar-refractivity contribution in [2.24, 2.45) is 0 Å². The van der Waals surface area contributed by atoms with E-state index in [0.29, 0.717) is 6.42 Å². The van der Waals surface area contributed by atoms with Gasteiger partial charge in [0, 0.05) is 36.3 Å². The average Bonchev–Trinajstić information content (AvgIpc) is 2.80. The summed E-state index contributed by atoms with van der Waals surface area (Å²) in [5, 5.41) is 6.18. The minimum Gasteiger partial charge on any atom is -0.399 e. The minimum atomic E-state index is 0.160. The highest BCUT2D eigenvalue weighted by atomic mass is 32.1. The van der Waals surface area contributed by atoms with Crippen molar-refractivity contribution in [3.8, 4) is 10.6 Å². The summed E-state index contributed by atoms with van der Waals surface area (Å²) in [7, 11) is 0. The maximum Gasteiger partial charge on any atom is 0.228 e. The van der Waals surface area contributed by atoms with Gasteiger partial charge in [0.2, 0.25) is 5.91 Å². The van der Waals surface area contributed by atoms with Crippen LogP contribution < -0.4 is 11.1 Å². The zero-order valence-electron chi connectivity index (χ0n) is 12.4. The first-order valence-corrected chi connectivity index (χ1v) is 8.39. The van der Waals surface area contributed by atoms with Crippen LogP contribution in [0.2, 0.25) is 0 Å². The first-order valence-electron chi connectivity index (χ1n) is 7.51. The van der Waals surface area contributed by atoms with Crippen molar-refractivity contribution < 1.29 is 4.79 Å². The maximum absolute atomic E-state index is 12.4. The number of nitrogens with two attached hydrogens (primary N) is 1. The van der Waals surface area contributed by atoms with E-state index in [-0.39, 0.29) is 5.91 Å². The Labute approximate surface area is 134 Å². The molecule has 1 aromatic carbocycles. The van der Waals surface area contributed by atoms with E-state index in [4.69, 9.17) is 5.73 Å². The van der Waals surface area contributed by atoms with Crippen LogP contribution in [0.4, 0.5) is 5.69 Å². The van der Waals surface area contributed by atoms with Gasteiger partial charge < -0.3 is 16.0 Å². The first kappa shape index (κ1) is 15.0. The largest absolute Gasteiger partial charge is 0.399 e. The molecule has 0 radical (unpaired) electrons. The second kappa shape index (κ2) is 6.89. The Bertz CT molecular complexity index is 647. The van der Waals surface area contributed by atoms with Crippen LogP contribution in [0.3, 0.4) is 0 Å². The van der Waals surface area contributed by atoms with Crippen LogP contribution >= 0.6 is 11.3 Å². The second-order valence-electron chi connectivity index (χ2n) is 5.43. The predicted molar refractivity (Wildman–Crippen MR) is 89.7 cm³/mol. The SMILES string of the molecule is Nc1cccc(-c2nc(CC(=O)N3CCCNCC3)cs2)c1. The molecule has 1 aromatic heterocycles. The summed E-state index contributed by atoms with van der Waals surface area (Å²) in [6.45, 7) is 3.47. The van der Waals surface area contributed by atoms with Gasteiger partial charge in [-0.2, -0.15) is 0 Å². The van der Waals surface area contributed by atoms with Crippen molar-refractivity contribution in [1.29, 1.82) is 0 Å². The Morgan fingerprint density at radius 2 is 2.27 bits per heavy atom. The lowest BCUT2D eigenvalue weighted by Crippen LogP contribution is -2.35. The molecule has 3 rings (SSSR count). The molecule has 0 spiro atoms. The molecule has 1 fully saturated rings. The molecule has 1 aliphatic heterocycles. The van der Waals surface area contributed by atoms with Gasteiger partial charge in [-0.3, -0.25) is 4.79 Å². The normalized spacial score (nSPS) is 15.5. The van der Waals surface area contributed by atoms with E-state index in [0.717, 1.165) is 54.6 Å². The van der Waals surface area contributed by atoms with Crippen LogP contribution in [0.25, 0.3) is 10.6 Å². The lowest BCUT2D eigenvalue weighted by molar-refractivity contribution is -0.130. The van der Waals surface area contributed by atoms with E-state index in [2.05, 4.69) is 10.3 Å². The summed E-state index contributed by atoms with van der Waals surface area (Å²) in [6.07, 6.45) is 1.39. The lowest BCUT2D eigenvalue weighted by Gasteiger charge is -2.19. The molecule has 2 heterocycles. The third-order valence-electron chi connectivity index (χ3n) is 3.71. The fourth-order valence-electron chi connectivity index (χ4n) is 2.55. The maximum atomic E-state index is 12.4. The van der Waals surface area contributed by atoms with Gasteiger partial charge in [-0.1, -0.05) is 12.1 Å². The summed E-state index contributed by atoms with van der Waals surface area (Å²) >= 11 is 1.55. The smallest absolute Gasteiger partial charge is 0.228 e. The molecular weight excluding hydrogens is 296 g/mol.